The van der Waals surface area contributed by atoms with Crippen molar-refractivity contribution in [1.29, 1.82) is 0 Å². The summed E-state index contributed by atoms with van der Waals surface area (Å²) in [5.41, 5.74) is 0.0929. The Hall–Kier alpha value is -0.750. The number of nitrogens with zero attached hydrogens (tertiary/aromatic N) is 2. The predicted molar refractivity (Wildman–Crippen MR) is 58.7 cm³/mol. The third-order valence-corrected chi connectivity index (χ3v) is 4.88. The Morgan fingerprint density at radius 3 is 2.62 bits per heavy atom. The minimum Gasteiger partial charge on any atom is -0.238 e. The summed E-state index contributed by atoms with van der Waals surface area (Å²) >= 11 is 5.47. The molecule has 1 atom stereocenters. The standard InChI is InChI=1S/C9H12ClFN2O2S/c1-3-7-8(11)9(13-5-12-7)16(14,15)6(2)4-10/h5-6H,3-4H2,1-2H3. The fourth-order valence-electron chi connectivity index (χ4n) is 1.11. The zero-order valence-electron chi connectivity index (χ0n) is 8.94. The topological polar surface area (TPSA) is 59.9 Å². The van der Waals surface area contributed by atoms with Crippen molar-refractivity contribution < 1.29 is 12.8 Å². The number of hydrogen-bond acceptors (Lipinski definition) is 4. The van der Waals surface area contributed by atoms with E-state index in [-0.39, 0.29) is 11.6 Å². The van der Waals surface area contributed by atoms with Crippen molar-refractivity contribution in [2.24, 2.45) is 0 Å². The average molecular weight is 267 g/mol. The van der Waals surface area contributed by atoms with Crippen LogP contribution in [0.3, 0.4) is 0 Å². The van der Waals surface area contributed by atoms with E-state index in [4.69, 9.17) is 11.6 Å². The second kappa shape index (κ2) is 5.05. The maximum Gasteiger partial charge on any atom is 0.202 e. The molecular weight excluding hydrogens is 255 g/mol. The van der Waals surface area contributed by atoms with Gasteiger partial charge in [0.2, 0.25) is 9.84 Å². The van der Waals surface area contributed by atoms with Gasteiger partial charge >= 0.3 is 0 Å². The molecule has 0 aliphatic heterocycles. The predicted octanol–water partition coefficient (Wildman–Crippen LogP) is 1.58. The molecule has 0 saturated heterocycles. The van der Waals surface area contributed by atoms with Crippen LogP contribution in [0.1, 0.15) is 19.5 Å². The fraction of sp³-hybridized carbons (Fsp3) is 0.556. The van der Waals surface area contributed by atoms with Crippen molar-refractivity contribution in [2.75, 3.05) is 5.88 Å². The molecule has 1 heterocycles. The summed E-state index contributed by atoms with van der Waals surface area (Å²) < 4.78 is 37.4. The van der Waals surface area contributed by atoms with Crippen LogP contribution in [-0.2, 0) is 16.3 Å². The highest BCUT2D eigenvalue weighted by Gasteiger charge is 2.28. The highest BCUT2D eigenvalue weighted by molar-refractivity contribution is 7.92. The van der Waals surface area contributed by atoms with Gasteiger partial charge in [-0.1, -0.05) is 6.92 Å². The number of halogens is 2. The van der Waals surface area contributed by atoms with Crippen LogP contribution in [0.4, 0.5) is 4.39 Å². The Morgan fingerprint density at radius 1 is 1.50 bits per heavy atom. The zero-order valence-corrected chi connectivity index (χ0v) is 10.5. The monoisotopic (exact) mass is 266 g/mol. The van der Waals surface area contributed by atoms with Crippen LogP contribution in [0.2, 0.25) is 0 Å². The summed E-state index contributed by atoms with van der Waals surface area (Å²) in [7, 11) is -3.81. The lowest BCUT2D eigenvalue weighted by atomic mass is 10.3. The van der Waals surface area contributed by atoms with Crippen molar-refractivity contribution in [1.82, 2.24) is 9.97 Å². The average Bonchev–Trinajstić information content (AvgIpc) is 2.27. The van der Waals surface area contributed by atoms with Gasteiger partial charge in [-0.05, 0) is 13.3 Å². The summed E-state index contributed by atoms with van der Waals surface area (Å²) in [6.07, 6.45) is 1.36. The molecule has 1 aromatic rings. The minimum atomic E-state index is -3.81. The van der Waals surface area contributed by atoms with E-state index in [0.29, 0.717) is 6.42 Å². The van der Waals surface area contributed by atoms with Gasteiger partial charge < -0.3 is 0 Å². The van der Waals surface area contributed by atoms with Gasteiger partial charge in [0, 0.05) is 5.88 Å². The van der Waals surface area contributed by atoms with Crippen LogP contribution in [-0.4, -0.2) is 29.5 Å². The largest absolute Gasteiger partial charge is 0.238 e. The van der Waals surface area contributed by atoms with Crippen LogP contribution in [0, 0.1) is 5.82 Å². The number of aromatic nitrogens is 2. The van der Waals surface area contributed by atoms with Gasteiger partial charge in [-0.3, -0.25) is 0 Å². The first kappa shape index (κ1) is 13.3. The number of alkyl halides is 1. The summed E-state index contributed by atoms with van der Waals surface area (Å²) in [5, 5.41) is -1.43. The Bertz CT molecular complexity index is 478. The molecule has 7 heteroatoms. The first-order valence-electron chi connectivity index (χ1n) is 4.74. The molecule has 1 unspecified atom stereocenters. The molecule has 0 aliphatic carbocycles. The first-order valence-corrected chi connectivity index (χ1v) is 6.82. The van der Waals surface area contributed by atoms with Gasteiger partial charge in [-0.25, -0.2) is 22.8 Å². The highest BCUT2D eigenvalue weighted by atomic mass is 35.5. The van der Waals surface area contributed by atoms with E-state index in [0.717, 1.165) is 6.33 Å². The lowest BCUT2D eigenvalue weighted by molar-refractivity contribution is 0.531. The molecular formula is C9H12ClFN2O2S. The lowest BCUT2D eigenvalue weighted by Gasteiger charge is -2.10. The smallest absolute Gasteiger partial charge is 0.202 e. The molecule has 0 aromatic carbocycles. The minimum absolute atomic E-state index is 0.0929. The molecule has 0 aliphatic rings. The summed E-state index contributed by atoms with van der Waals surface area (Å²) in [5.74, 6) is -0.977. The summed E-state index contributed by atoms with van der Waals surface area (Å²) in [6.45, 7) is 3.10. The van der Waals surface area contributed by atoms with Crippen LogP contribution in [0.15, 0.2) is 11.4 Å². The molecule has 16 heavy (non-hydrogen) atoms. The maximum absolute atomic E-state index is 13.7. The molecule has 1 rings (SSSR count). The quantitative estimate of drug-likeness (QED) is 0.613. The molecule has 0 N–H and O–H groups in total. The van der Waals surface area contributed by atoms with E-state index in [2.05, 4.69) is 9.97 Å². The molecule has 0 fully saturated rings. The molecule has 1 aromatic heterocycles. The molecule has 90 valence electrons. The third kappa shape index (κ3) is 2.32. The van der Waals surface area contributed by atoms with E-state index in [1.54, 1.807) is 6.92 Å². The SMILES string of the molecule is CCc1ncnc(S(=O)(=O)C(C)CCl)c1F. The van der Waals surface area contributed by atoms with Crippen LogP contribution < -0.4 is 0 Å². The Labute approximate surface area is 98.8 Å². The van der Waals surface area contributed by atoms with Gasteiger partial charge in [0.25, 0.3) is 0 Å². The molecule has 0 saturated carbocycles. The zero-order chi connectivity index (χ0) is 12.3. The van der Waals surface area contributed by atoms with Crippen molar-refractivity contribution in [2.45, 2.75) is 30.5 Å². The van der Waals surface area contributed by atoms with Crippen LogP contribution in [0.25, 0.3) is 0 Å². The Balaban J connectivity index is 3.34. The third-order valence-electron chi connectivity index (χ3n) is 2.18. The van der Waals surface area contributed by atoms with Crippen molar-refractivity contribution in [3.63, 3.8) is 0 Å². The summed E-state index contributed by atoms with van der Waals surface area (Å²) in [4.78, 5) is 7.17. The van der Waals surface area contributed by atoms with Gasteiger partial charge in [-0.2, -0.15) is 0 Å². The molecule has 0 spiro atoms. The van der Waals surface area contributed by atoms with E-state index < -0.39 is 25.9 Å². The highest BCUT2D eigenvalue weighted by Crippen LogP contribution is 2.19. The van der Waals surface area contributed by atoms with E-state index in [1.807, 2.05) is 0 Å². The van der Waals surface area contributed by atoms with Gasteiger partial charge in [0.05, 0.1) is 10.9 Å². The number of aryl methyl sites for hydroxylation is 1. The van der Waals surface area contributed by atoms with Crippen LogP contribution in [0.5, 0.6) is 0 Å². The van der Waals surface area contributed by atoms with Gasteiger partial charge in [-0.15, -0.1) is 11.6 Å². The van der Waals surface area contributed by atoms with Crippen molar-refractivity contribution in [3.05, 3.63) is 17.8 Å². The molecule has 0 bridgehead atoms. The first-order chi connectivity index (χ1) is 7.45. The second-order valence-corrected chi connectivity index (χ2v) is 5.89. The van der Waals surface area contributed by atoms with Gasteiger partial charge in [0.1, 0.15) is 6.33 Å². The van der Waals surface area contributed by atoms with E-state index >= 15 is 0 Å². The van der Waals surface area contributed by atoms with Gasteiger partial charge in [0.15, 0.2) is 10.8 Å². The molecule has 4 nitrogen and oxygen atoms in total. The fourth-order valence-corrected chi connectivity index (χ4v) is 2.71. The maximum atomic E-state index is 13.7. The molecule has 0 radical (unpaired) electrons. The Kier molecular flexibility index (Phi) is 4.21. The Morgan fingerprint density at radius 2 is 2.12 bits per heavy atom. The van der Waals surface area contributed by atoms with Crippen LogP contribution >= 0.6 is 11.6 Å². The van der Waals surface area contributed by atoms with Crippen molar-refractivity contribution >= 4 is 21.4 Å². The normalized spacial score (nSPS) is 13.8. The lowest BCUT2D eigenvalue weighted by Crippen LogP contribution is -2.22. The second-order valence-electron chi connectivity index (χ2n) is 3.30. The van der Waals surface area contributed by atoms with Crippen molar-refractivity contribution in [3.8, 4) is 0 Å². The number of rotatable bonds is 4. The number of sulfone groups is 1. The summed E-state index contributed by atoms with van der Waals surface area (Å²) in [6, 6.07) is 0. The number of hydrogen-bond donors (Lipinski definition) is 0. The van der Waals surface area contributed by atoms with E-state index in [9.17, 15) is 12.8 Å². The molecule has 0 amide bonds. The van der Waals surface area contributed by atoms with E-state index in [1.165, 1.54) is 6.92 Å².